The molecule has 0 bridgehead atoms. The van der Waals surface area contributed by atoms with Crippen LogP contribution in [0.15, 0.2) is 36.4 Å². The highest BCUT2D eigenvalue weighted by atomic mass is 19.3. The zero-order valence-corrected chi connectivity index (χ0v) is 19.8. The maximum Gasteiger partial charge on any atom is 0.272 e. The maximum absolute atomic E-state index is 13.9. The van der Waals surface area contributed by atoms with E-state index < -0.39 is 17.6 Å². The number of pyridine rings is 1. The van der Waals surface area contributed by atoms with Crippen molar-refractivity contribution in [1.82, 2.24) is 9.88 Å². The van der Waals surface area contributed by atoms with Gasteiger partial charge in [0.05, 0.1) is 20.3 Å². The van der Waals surface area contributed by atoms with Crippen LogP contribution in [-0.4, -0.2) is 61.4 Å². The molecule has 36 heavy (non-hydrogen) atoms. The number of alkyl halides is 2. The van der Waals surface area contributed by atoms with Crippen LogP contribution < -0.4 is 9.47 Å². The molecule has 2 saturated carbocycles. The van der Waals surface area contributed by atoms with E-state index in [0.717, 1.165) is 0 Å². The second-order valence-electron chi connectivity index (χ2n) is 10.1. The predicted octanol–water partition coefficient (Wildman–Crippen LogP) is 4.01. The Bertz CT molecular complexity index is 1170. The molecule has 0 N–H and O–H groups in total. The van der Waals surface area contributed by atoms with Gasteiger partial charge < -0.3 is 23.8 Å². The molecule has 2 aromatic rings. The Morgan fingerprint density at radius 1 is 1.22 bits per heavy atom. The van der Waals surface area contributed by atoms with Crippen molar-refractivity contribution in [2.45, 2.75) is 36.9 Å². The summed E-state index contributed by atoms with van der Waals surface area (Å²) in [5.74, 6) is -2.49. The summed E-state index contributed by atoms with van der Waals surface area (Å²) < 4.78 is 63.6. The summed E-state index contributed by atoms with van der Waals surface area (Å²) >= 11 is 0. The molecular formula is C26H27F3N2O5. The molecule has 1 amide bonds. The van der Waals surface area contributed by atoms with Crippen molar-refractivity contribution in [3.8, 4) is 11.6 Å². The number of piperidine rings is 1. The molecule has 2 aliphatic heterocycles. The van der Waals surface area contributed by atoms with Gasteiger partial charge in [0.1, 0.15) is 30.0 Å². The van der Waals surface area contributed by atoms with Gasteiger partial charge in [0.2, 0.25) is 5.92 Å². The first kappa shape index (κ1) is 23.5. The van der Waals surface area contributed by atoms with E-state index >= 15 is 0 Å². The Morgan fingerprint density at radius 2 is 2.03 bits per heavy atom. The van der Waals surface area contributed by atoms with Crippen molar-refractivity contribution in [3.63, 3.8) is 0 Å². The lowest BCUT2D eigenvalue weighted by molar-refractivity contribution is -0.0441. The summed E-state index contributed by atoms with van der Waals surface area (Å²) in [5.41, 5.74) is 0.0912. The molecule has 6 rings (SSSR count). The zero-order valence-electron chi connectivity index (χ0n) is 19.8. The predicted molar refractivity (Wildman–Crippen MR) is 120 cm³/mol. The fraction of sp³-hybridized carbons (Fsp3) is 0.538. The normalized spacial score (nSPS) is 32.1. The third kappa shape index (κ3) is 4.00. The summed E-state index contributed by atoms with van der Waals surface area (Å²) in [7, 11) is 1.44. The highest BCUT2D eigenvalue weighted by Gasteiger charge is 2.63. The number of aromatic nitrogens is 1. The van der Waals surface area contributed by atoms with Crippen LogP contribution in [-0.2, 0) is 15.1 Å². The fourth-order valence-corrected chi connectivity index (χ4v) is 6.13. The monoisotopic (exact) mass is 504 g/mol. The van der Waals surface area contributed by atoms with E-state index in [9.17, 15) is 18.0 Å². The van der Waals surface area contributed by atoms with Crippen molar-refractivity contribution in [2.75, 3.05) is 33.6 Å². The molecule has 10 heteroatoms. The molecule has 0 spiro atoms. The molecule has 4 aliphatic rings. The number of rotatable bonds is 6. The number of amides is 1. The van der Waals surface area contributed by atoms with Crippen LogP contribution in [0.1, 0.15) is 35.3 Å². The second kappa shape index (κ2) is 8.62. The molecule has 1 aromatic carbocycles. The number of likely N-dealkylation sites (tertiary alicyclic amines) is 1. The number of methoxy groups -OCH3 is 1. The standard InChI is InChI=1S/C26H27F3N2O5/c1-33-23-21(34-13-19-17-10-25(28,29)11-18(17)19)6-5-20(30-23)24(32)31-8-7-26(22(12-31)35-14-36-26)15-3-2-4-16(27)9-15/h2-6,9,17-19,22H,7-8,10-14H2,1H3/t17?,18?,19?,22-,26-/m1/s1. The van der Waals surface area contributed by atoms with Gasteiger partial charge in [0.15, 0.2) is 5.75 Å². The van der Waals surface area contributed by atoms with Crippen LogP contribution in [0.5, 0.6) is 11.6 Å². The van der Waals surface area contributed by atoms with Crippen molar-refractivity contribution in [2.24, 2.45) is 17.8 Å². The van der Waals surface area contributed by atoms with E-state index in [1.165, 1.54) is 19.2 Å². The quantitative estimate of drug-likeness (QED) is 0.592. The molecule has 192 valence electrons. The molecule has 4 fully saturated rings. The number of carbonyl (C=O) groups excluding carboxylic acids is 1. The summed E-state index contributed by atoms with van der Waals surface area (Å²) in [5, 5.41) is 0. The Morgan fingerprint density at radius 3 is 2.78 bits per heavy atom. The van der Waals surface area contributed by atoms with Crippen molar-refractivity contribution in [1.29, 1.82) is 0 Å². The number of hydrogen-bond donors (Lipinski definition) is 0. The van der Waals surface area contributed by atoms with Gasteiger partial charge in [-0.3, -0.25) is 4.79 Å². The van der Waals surface area contributed by atoms with Crippen LogP contribution in [0, 0.1) is 23.6 Å². The van der Waals surface area contributed by atoms with Crippen molar-refractivity contribution < 1.29 is 36.9 Å². The van der Waals surface area contributed by atoms with Crippen molar-refractivity contribution >= 4 is 5.91 Å². The minimum absolute atomic E-state index is 0.0141. The van der Waals surface area contributed by atoms with Crippen LogP contribution >= 0.6 is 0 Å². The second-order valence-corrected chi connectivity index (χ2v) is 10.1. The molecule has 2 aliphatic carbocycles. The van der Waals surface area contributed by atoms with E-state index in [-0.39, 0.29) is 67.2 Å². The number of halogens is 3. The van der Waals surface area contributed by atoms with Gasteiger partial charge in [-0.15, -0.1) is 0 Å². The van der Waals surface area contributed by atoms with Gasteiger partial charge in [-0.25, -0.2) is 18.2 Å². The highest BCUT2D eigenvalue weighted by molar-refractivity contribution is 5.92. The van der Waals surface area contributed by atoms with Gasteiger partial charge in [-0.2, -0.15) is 0 Å². The Hall–Kier alpha value is -2.85. The number of nitrogens with zero attached hydrogens (tertiary/aromatic N) is 2. The molecular weight excluding hydrogens is 477 g/mol. The third-order valence-corrected chi connectivity index (χ3v) is 8.09. The number of hydrogen-bond acceptors (Lipinski definition) is 6. The number of carbonyl (C=O) groups is 1. The molecule has 0 radical (unpaired) electrons. The van der Waals surface area contributed by atoms with Crippen LogP contribution in [0.25, 0.3) is 0 Å². The van der Waals surface area contributed by atoms with Gasteiger partial charge >= 0.3 is 0 Å². The van der Waals surface area contributed by atoms with E-state index in [2.05, 4.69) is 4.98 Å². The topological polar surface area (TPSA) is 70.1 Å². The molecule has 2 saturated heterocycles. The third-order valence-electron chi connectivity index (χ3n) is 8.09. The maximum atomic E-state index is 13.9. The minimum Gasteiger partial charge on any atom is -0.488 e. The number of fused-ring (bicyclic) bond motifs is 2. The highest BCUT2D eigenvalue weighted by Crippen LogP contribution is 2.62. The Kier molecular flexibility index (Phi) is 5.64. The Balaban J connectivity index is 1.12. The lowest BCUT2D eigenvalue weighted by Gasteiger charge is -2.41. The average Bonchev–Trinajstić information content (AvgIpc) is 3.19. The largest absolute Gasteiger partial charge is 0.488 e. The minimum atomic E-state index is -2.55. The van der Waals surface area contributed by atoms with Crippen LogP contribution in [0.3, 0.4) is 0 Å². The SMILES string of the molecule is COc1nc(C(=O)N2CC[C@]3(c4cccc(F)c4)OCO[C@@H]3C2)ccc1OCC1C2CC(F)(F)CC12. The van der Waals surface area contributed by atoms with Gasteiger partial charge in [-0.05, 0) is 47.6 Å². The zero-order chi connectivity index (χ0) is 25.1. The average molecular weight is 505 g/mol. The first-order chi connectivity index (χ1) is 17.3. The van der Waals surface area contributed by atoms with Crippen LogP contribution in [0.4, 0.5) is 13.2 Å². The smallest absolute Gasteiger partial charge is 0.272 e. The number of ether oxygens (including phenoxy) is 4. The summed E-state index contributed by atoms with van der Waals surface area (Å²) in [6.07, 6.45) is -0.123. The van der Waals surface area contributed by atoms with Crippen LogP contribution in [0.2, 0.25) is 0 Å². The van der Waals surface area contributed by atoms with Gasteiger partial charge in [-0.1, -0.05) is 12.1 Å². The lowest BCUT2D eigenvalue weighted by Crippen LogP contribution is -2.53. The number of benzene rings is 1. The summed E-state index contributed by atoms with van der Waals surface area (Å²) in [4.78, 5) is 19.3. The molecule has 7 nitrogen and oxygen atoms in total. The Labute approximate surface area is 206 Å². The molecule has 2 unspecified atom stereocenters. The first-order valence-corrected chi connectivity index (χ1v) is 12.2. The van der Waals surface area contributed by atoms with E-state index in [0.29, 0.717) is 30.9 Å². The van der Waals surface area contributed by atoms with Crippen molar-refractivity contribution in [3.05, 3.63) is 53.5 Å². The first-order valence-electron chi connectivity index (χ1n) is 12.2. The van der Waals surface area contributed by atoms with E-state index in [4.69, 9.17) is 18.9 Å². The summed E-state index contributed by atoms with van der Waals surface area (Å²) in [6.45, 7) is 1.05. The molecule has 3 heterocycles. The molecule has 1 aromatic heterocycles. The fourth-order valence-electron chi connectivity index (χ4n) is 6.13. The summed E-state index contributed by atoms with van der Waals surface area (Å²) in [6, 6.07) is 9.48. The van der Waals surface area contributed by atoms with E-state index in [1.54, 1.807) is 23.1 Å². The van der Waals surface area contributed by atoms with Gasteiger partial charge in [0, 0.05) is 25.8 Å². The lowest BCUT2D eigenvalue weighted by atomic mass is 9.82. The molecule has 4 atom stereocenters. The van der Waals surface area contributed by atoms with E-state index in [1.807, 2.05) is 6.07 Å². The van der Waals surface area contributed by atoms with Gasteiger partial charge in [0.25, 0.3) is 11.8 Å².